The van der Waals surface area contributed by atoms with Gasteiger partial charge in [-0.1, -0.05) is 36.4 Å². The Labute approximate surface area is 275 Å². The van der Waals surface area contributed by atoms with Crippen molar-refractivity contribution in [3.8, 4) is 17.6 Å². The first kappa shape index (κ1) is 37.2. The maximum Gasteiger partial charge on any atom is 0.422 e. The minimum Gasteiger partial charge on any atom is -0.488 e. The fourth-order valence-corrected chi connectivity index (χ4v) is 4.94. The van der Waals surface area contributed by atoms with Crippen LogP contribution in [-0.4, -0.2) is 79.8 Å². The van der Waals surface area contributed by atoms with Crippen molar-refractivity contribution in [1.29, 1.82) is 5.26 Å². The molecule has 48 heavy (non-hydrogen) atoms. The number of esters is 1. The lowest BCUT2D eigenvalue weighted by molar-refractivity contribution is -0.159. The van der Waals surface area contributed by atoms with Gasteiger partial charge >= 0.3 is 24.1 Å². The van der Waals surface area contributed by atoms with Crippen molar-refractivity contribution in [1.82, 2.24) is 5.32 Å². The van der Waals surface area contributed by atoms with E-state index in [2.05, 4.69) is 22.4 Å². The van der Waals surface area contributed by atoms with Crippen molar-refractivity contribution in [2.45, 2.75) is 38.4 Å². The van der Waals surface area contributed by atoms with Crippen molar-refractivity contribution < 1.29 is 52.0 Å². The Balaban J connectivity index is 0.000000952. The lowest BCUT2D eigenvalue weighted by Crippen LogP contribution is -2.32. The number of alkyl halides is 3. The normalized spacial score (nSPS) is 12.5. The largest absolute Gasteiger partial charge is 0.488 e. The number of halogens is 3. The van der Waals surface area contributed by atoms with E-state index in [0.29, 0.717) is 43.7 Å². The second kappa shape index (κ2) is 18.2. The molecule has 1 atom stereocenters. The highest BCUT2D eigenvalue weighted by atomic mass is 19.4. The summed E-state index contributed by atoms with van der Waals surface area (Å²) >= 11 is 0. The molecule has 3 aromatic rings. The topological polar surface area (TPSA) is 158 Å². The molecule has 0 amide bonds. The number of carbonyl (C=O) groups is 3. The molecule has 1 aliphatic rings. The Hall–Kier alpha value is -5.29. The number of aliphatic carboxylic acids is 2. The molecular weight excluding hydrogens is 635 g/mol. The zero-order chi connectivity index (χ0) is 35.1. The molecular formula is C34H36F3N3O8. The number of carbonyl (C=O) groups excluding carboxylic acids is 1. The van der Waals surface area contributed by atoms with E-state index < -0.39 is 24.7 Å². The molecule has 0 spiro atoms. The highest BCUT2D eigenvalue weighted by molar-refractivity contribution is 6.27. The number of hydrogen-bond donors (Lipinski definition) is 3. The molecule has 0 bridgehead atoms. The molecule has 0 saturated heterocycles. The minimum absolute atomic E-state index is 0.0484. The number of benzene rings is 3. The third-order valence-electron chi connectivity index (χ3n) is 6.97. The third kappa shape index (κ3) is 12.1. The molecule has 3 N–H and O–H groups in total. The molecule has 0 unspecified atom stereocenters. The van der Waals surface area contributed by atoms with E-state index in [1.807, 2.05) is 19.1 Å². The fraction of sp³-hybridized carbons (Fsp3) is 0.353. The fourth-order valence-electron chi connectivity index (χ4n) is 4.94. The van der Waals surface area contributed by atoms with Crippen molar-refractivity contribution >= 4 is 23.6 Å². The molecule has 4 rings (SSSR count). The van der Waals surface area contributed by atoms with Crippen LogP contribution in [0, 0.1) is 11.3 Å². The van der Waals surface area contributed by atoms with Crippen LogP contribution in [0.2, 0.25) is 0 Å². The SMILES string of the molecule is C[C@@H](Cc1cc(C#N)c2c(c1)CCN2CCCOC(=O)c1ccccc1)NCCOc1ccccc1OCC(F)(F)F.O=C(O)C(=O)O. The molecule has 1 aliphatic heterocycles. The van der Waals surface area contributed by atoms with Crippen LogP contribution in [0.25, 0.3) is 0 Å². The maximum atomic E-state index is 12.5. The van der Waals surface area contributed by atoms with Crippen LogP contribution in [0.5, 0.6) is 11.5 Å². The van der Waals surface area contributed by atoms with E-state index in [-0.39, 0.29) is 30.1 Å². The smallest absolute Gasteiger partial charge is 0.422 e. The predicted octanol–water partition coefficient (Wildman–Crippen LogP) is 4.86. The first-order valence-corrected chi connectivity index (χ1v) is 15.0. The number of rotatable bonds is 14. The summed E-state index contributed by atoms with van der Waals surface area (Å²) in [6, 6.07) is 21.7. The first-order valence-electron chi connectivity index (χ1n) is 15.0. The van der Waals surface area contributed by atoms with Crippen LogP contribution >= 0.6 is 0 Å². The number of anilines is 1. The van der Waals surface area contributed by atoms with Gasteiger partial charge in [-0.25, -0.2) is 14.4 Å². The van der Waals surface area contributed by atoms with Gasteiger partial charge in [0.1, 0.15) is 12.7 Å². The van der Waals surface area contributed by atoms with Crippen LogP contribution in [0.1, 0.15) is 40.4 Å². The number of carboxylic acid groups (broad SMARTS) is 2. The second-order valence-corrected chi connectivity index (χ2v) is 10.7. The summed E-state index contributed by atoms with van der Waals surface area (Å²) in [5, 5.41) is 28.0. The van der Waals surface area contributed by atoms with Gasteiger partial charge in [-0.2, -0.15) is 18.4 Å². The van der Waals surface area contributed by atoms with E-state index in [4.69, 9.17) is 34.0 Å². The summed E-state index contributed by atoms with van der Waals surface area (Å²) in [5.74, 6) is -3.68. The Morgan fingerprint density at radius 1 is 0.979 bits per heavy atom. The van der Waals surface area contributed by atoms with Gasteiger partial charge in [-0.05, 0) is 67.6 Å². The number of nitrogens with zero attached hydrogens (tertiary/aromatic N) is 2. The van der Waals surface area contributed by atoms with Crippen LogP contribution in [0.3, 0.4) is 0 Å². The van der Waals surface area contributed by atoms with Crippen LogP contribution in [-0.2, 0) is 27.2 Å². The van der Waals surface area contributed by atoms with Crippen molar-refractivity contribution in [2.75, 3.05) is 44.4 Å². The summed E-state index contributed by atoms with van der Waals surface area (Å²) in [7, 11) is 0. The Morgan fingerprint density at radius 3 is 2.25 bits per heavy atom. The van der Waals surface area contributed by atoms with Gasteiger partial charge in [0.2, 0.25) is 0 Å². The summed E-state index contributed by atoms with van der Waals surface area (Å²) < 4.78 is 53.5. The van der Waals surface area contributed by atoms with Crippen molar-refractivity contribution in [2.24, 2.45) is 0 Å². The van der Waals surface area contributed by atoms with E-state index in [1.165, 1.54) is 6.07 Å². The zero-order valence-corrected chi connectivity index (χ0v) is 26.2. The number of ether oxygens (including phenoxy) is 3. The molecule has 11 nitrogen and oxygen atoms in total. The number of nitriles is 1. The predicted molar refractivity (Wildman–Crippen MR) is 168 cm³/mol. The van der Waals surface area contributed by atoms with Gasteiger partial charge in [0.25, 0.3) is 0 Å². The first-order chi connectivity index (χ1) is 22.9. The highest BCUT2D eigenvalue weighted by Crippen LogP contribution is 2.33. The van der Waals surface area contributed by atoms with Gasteiger partial charge in [-0.15, -0.1) is 0 Å². The molecule has 0 fully saturated rings. The van der Waals surface area contributed by atoms with Gasteiger partial charge in [0.05, 0.1) is 23.4 Å². The lowest BCUT2D eigenvalue weighted by atomic mass is 9.99. The maximum absolute atomic E-state index is 12.5. The quantitative estimate of drug-likeness (QED) is 0.122. The van der Waals surface area contributed by atoms with Gasteiger partial charge in [-0.3, -0.25) is 0 Å². The van der Waals surface area contributed by atoms with Crippen molar-refractivity contribution in [3.05, 3.63) is 89.0 Å². The number of nitrogens with one attached hydrogen (secondary N) is 1. The zero-order valence-electron chi connectivity index (χ0n) is 26.2. The molecule has 256 valence electrons. The molecule has 0 radical (unpaired) electrons. The Kier molecular flexibility index (Phi) is 14.1. The summed E-state index contributed by atoms with van der Waals surface area (Å²) in [6.07, 6.45) is -2.23. The van der Waals surface area contributed by atoms with Gasteiger partial charge in [0, 0.05) is 25.7 Å². The summed E-state index contributed by atoms with van der Waals surface area (Å²) in [6.45, 7) is 3.18. The number of carboxylic acids is 2. The highest BCUT2D eigenvalue weighted by Gasteiger charge is 2.29. The van der Waals surface area contributed by atoms with Crippen LogP contribution < -0.4 is 19.7 Å². The number of para-hydroxylation sites is 2. The standard InChI is InChI=1S/C32H34F3N3O4.C2H2O4/c1-23(37-13-17-40-28-10-5-6-11-29(28)42-22-32(33,34)35)18-24-19-26-12-15-38(30(26)27(20-24)21-36)14-7-16-41-31(39)25-8-3-2-4-9-25;3-1(4)2(5)6/h2-6,8-11,19-20,23,37H,7,12-18,22H2,1H3;(H,3,4)(H,5,6)/t23-;/m0./s1. The summed E-state index contributed by atoms with van der Waals surface area (Å²) in [5.41, 5.74) is 4.30. The average Bonchev–Trinajstić information content (AvgIpc) is 3.47. The number of fused-ring (bicyclic) bond motifs is 1. The second-order valence-electron chi connectivity index (χ2n) is 10.7. The van der Waals surface area contributed by atoms with E-state index in [9.17, 15) is 23.2 Å². The molecule has 0 aromatic heterocycles. The number of hydrogen-bond acceptors (Lipinski definition) is 9. The van der Waals surface area contributed by atoms with Gasteiger partial charge in [0.15, 0.2) is 18.1 Å². The molecule has 3 aromatic carbocycles. The lowest BCUT2D eigenvalue weighted by Gasteiger charge is -2.21. The molecule has 1 heterocycles. The average molecular weight is 672 g/mol. The Bertz CT molecular complexity index is 1570. The molecule has 0 saturated carbocycles. The van der Waals surface area contributed by atoms with Crippen LogP contribution in [0.15, 0.2) is 66.7 Å². The van der Waals surface area contributed by atoms with E-state index >= 15 is 0 Å². The van der Waals surface area contributed by atoms with Crippen LogP contribution in [0.4, 0.5) is 18.9 Å². The van der Waals surface area contributed by atoms with E-state index in [0.717, 1.165) is 29.8 Å². The summed E-state index contributed by atoms with van der Waals surface area (Å²) in [4.78, 5) is 32.5. The molecule has 0 aliphatic carbocycles. The monoisotopic (exact) mass is 671 g/mol. The van der Waals surface area contributed by atoms with E-state index in [1.54, 1.807) is 42.5 Å². The van der Waals surface area contributed by atoms with Crippen molar-refractivity contribution in [3.63, 3.8) is 0 Å². The Morgan fingerprint density at radius 2 is 1.62 bits per heavy atom. The van der Waals surface area contributed by atoms with Gasteiger partial charge < -0.3 is 34.6 Å². The minimum atomic E-state index is -4.43. The third-order valence-corrected chi connectivity index (χ3v) is 6.97. The molecule has 14 heteroatoms.